The summed E-state index contributed by atoms with van der Waals surface area (Å²) in [5.74, 6) is 0.125. The summed E-state index contributed by atoms with van der Waals surface area (Å²) in [6.45, 7) is 1.49. The number of fused-ring (bicyclic) bond motifs is 1. The Hall–Kier alpha value is -1.76. The highest BCUT2D eigenvalue weighted by molar-refractivity contribution is 7.87. The van der Waals surface area contributed by atoms with Gasteiger partial charge in [-0.3, -0.25) is 0 Å². The van der Waals surface area contributed by atoms with Gasteiger partial charge in [0.05, 0.1) is 11.3 Å². The van der Waals surface area contributed by atoms with E-state index < -0.39 is 10.1 Å². The van der Waals surface area contributed by atoms with Crippen LogP contribution in [-0.2, 0) is 10.1 Å². The van der Waals surface area contributed by atoms with E-state index in [4.69, 9.17) is 31.8 Å². The van der Waals surface area contributed by atoms with Crippen LogP contribution in [0.2, 0.25) is 10.0 Å². The van der Waals surface area contributed by atoms with E-state index in [1.807, 2.05) is 0 Å². The molecule has 0 N–H and O–H groups in total. The molecule has 3 rings (SSSR count). The van der Waals surface area contributed by atoms with Crippen LogP contribution in [0.3, 0.4) is 0 Å². The topological polar surface area (TPSA) is 69.4 Å². The average molecular weight is 372 g/mol. The Labute approximate surface area is 142 Å². The van der Waals surface area contributed by atoms with Gasteiger partial charge < -0.3 is 8.60 Å². The lowest BCUT2D eigenvalue weighted by molar-refractivity contribution is 0.487. The third-order valence-corrected chi connectivity index (χ3v) is 4.70. The van der Waals surface area contributed by atoms with Gasteiger partial charge >= 0.3 is 10.1 Å². The molecule has 0 fully saturated rings. The highest BCUT2D eigenvalue weighted by Crippen LogP contribution is 2.35. The second-order valence-electron chi connectivity index (χ2n) is 4.70. The number of nitrogens with zero attached hydrogens (tertiary/aromatic N) is 1. The predicted octanol–water partition coefficient (Wildman–Crippen LogP) is 4.53. The van der Waals surface area contributed by atoms with Crippen LogP contribution >= 0.6 is 23.2 Å². The second kappa shape index (κ2) is 6.03. The molecule has 0 atom stereocenters. The standard InChI is InChI=1S/C15H11Cl2NO4S/c1-2-23(19,20)22-14-8-10(17)3-5-11(14)15-18-12-7-9(16)4-6-13(12)21-15/h3-8H,2H2,1H3. The minimum atomic E-state index is -3.71. The van der Waals surface area contributed by atoms with Crippen LogP contribution in [0.25, 0.3) is 22.6 Å². The Balaban J connectivity index is 2.14. The van der Waals surface area contributed by atoms with Crippen LogP contribution < -0.4 is 4.18 Å². The minimum Gasteiger partial charge on any atom is -0.436 e. The van der Waals surface area contributed by atoms with Crippen molar-refractivity contribution in [2.45, 2.75) is 6.92 Å². The first-order valence-corrected chi connectivity index (χ1v) is 8.99. The zero-order chi connectivity index (χ0) is 16.6. The Morgan fingerprint density at radius 2 is 1.83 bits per heavy atom. The van der Waals surface area contributed by atoms with Crippen molar-refractivity contribution in [2.24, 2.45) is 0 Å². The van der Waals surface area contributed by atoms with Gasteiger partial charge in [-0.25, -0.2) is 4.98 Å². The fourth-order valence-corrected chi connectivity index (χ4v) is 2.81. The van der Waals surface area contributed by atoms with Gasteiger partial charge in [0.2, 0.25) is 5.89 Å². The summed E-state index contributed by atoms with van der Waals surface area (Å²) in [6.07, 6.45) is 0. The number of rotatable bonds is 4. The van der Waals surface area contributed by atoms with Crippen molar-refractivity contribution in [1.82, 2.24) is 4.98 Å². The summed E-state index contributed by atoms with van der Waals surface area (Å²) in [5, 5.41) is 0.868. The zero-order valence-corrected chi connectivity index (χ0v) is 14.2. The van der Waals surface area contributed by atoms with Gasteiger partial charge in [-0.1, -0.05) is 23.2 Å². The first-order valence-electron chi connectivity index (χ1n) is 6.66. The Kier molecular flexibility index (Phi) is 4.23. The first-order chi connectivity index (χ1) is 10.9. The normalized spacial score (nSPS) is 11.8. The Morgan fingerprint density at radius 3 is 2.57 bits per heavy atom. The van der Waals surface area contributed by atoms with Gasteiger partial charge in [-0.2, -0.15) is 8.42 Å². The molecular formula is C15H11Cl2NO4S. The van der Waals surface area contributed by atoms with Gasteiger partial charge in [0.25, 0.3) is 0 Å². The zero-order valence-electron chi connectivity index (χ0n) is 11.9. The molecule has 5 nitrogen and oxygen atoms in total. The molecule has 0 amide bonds. The molecule has 3 aromatic rings. The molecule has 0 aliphatic carbocycles. The number of aromatic nitrogens is 1. The fraction of sp³-hybridized carbons (Fsp3) is 0.133. The molecule has 23 heavy (non-hydrogen) atoms. The summed E-state index contributed by atoms with van der Waals surface area (Å²) < 4.78 is 34.2. The fourth-order valence-electron chi connectivity index (χ4n) is 1.95. The summed E-state index contributed by atoms with van der Waals surface area (Å²) in [7, 11) is -3.71. The van der Waals surface area contributed by atoms with E-state index in [9.17, 15) is 8.42 Å². The highest BCUT2D eigenvalue weighted by atomic mass is 35.5. The Morgan fingerprint density at radius 1 is 1.13 bits per heavy atom. The lowest BCUT2D eigenvalue weighted by Gasteiger charge is -2.08. The maximum Gasteiger partial charge on any atom is 0.308 e. The van der Waals surface area contributed by atoms with E-state index in [2.05, 4.69) is 4.98 Å². The van der Waals surface area contributed by atoms with Crippen molar-refractivity contribution < 1.29 is 17.0 Å². The predicted molar refractivity (Wildman–Crippen MR) is 89.6 cm³/mol. The van der Waals surface area contributed by atoms with Crippen LogP contribution in [0, 0.1) is 0 Å². The largest absolute Gasteiger partial charge is 0.436 e. The molecule has 0 spiro atoms. The molecule has 8 heteroatoms. The number of hydrogen-bond acceptors (Lipinski definition) is 5. The Bertz CT molecular complexity index is 982. The van der Waals surface area contributed by atoms with E-state index in [0.717, 1.165) is 0 Å². The van der Waals surface area contributed by atoms with Gasteiger partial charge in [0.15, 0.2) is 11.3 Å². The molecule has 0 unspecified atom stereocenters. The lowest BCUT2D eigenvalue weighted by atomic mass is 10.2. The molecule has 1 aromatic heterocycles. The summed E-state index contributed by atoms with van der Waals surface area (Å²) in [4.78, 5) is 4.32. The maximum absolute atomic E-state index is 11.7. The van der Waals surface area contributed by atoms with Gasteiger partial charge in [0, 0.05) is 16.1 Å². The SMILES string of the molecule is CCS(=O)(=O)Oc1cc(Cl)ccc1-c1nc2cc(Cl)ccc2o1. The van der Waals surface area contributed by atoms with E-state index in [1.165, 1.54) is 13.0 Å². The third-order valence-electron chi connectivity index (χ3n) is 3.09. The van der Waals surface area contributed by atoms with Gasteiger partial charge in [-0.05, 0) is 37.3 Å². The highest BCUT2D eigenvalue weighted by Gasteiger charge is 2.18. The summed E-state index contributed by atoms with van der Waals surface area (Å²) in [6, 6.07) is 9.63. The quantitative estimate of drug-likeness (QED) is 0.630. The van der Waals surface area contributed by atoms with Crippen LogP contribution in [0.4, 0.5) is 0 Å². The molecule has 0 aliphatic heterocycles. The number of hydrogen-bond donors (Lipinski definition) is 0. The molecule has 0 saturated heterocycles. The van der Waals surface area contributed by atoms with Crippen molar-refractivity contribution in [3.63, 3.8) is 0 Å². The maximum atomic E-state index is 11.7. The van der Waals surface area contributed by atoms with E-state index in [1.54, 1.807) is 30.3 Å². The second-order valence-corrected chi connectivity index (χ2v) is 7.43. The van der Waals surface area contributed by atoms with Gasteiger partial charge in [-0.15, -0.1) is 0 Å². The van der Waals surface area contributed by atoms with Crippen LogP contribution in [-0.4, -0.2) is 19.2 Å². The lowest BCUT2D eigenvalue weighted by Crippen LogP contribution is -2.12. The molecule has 120 valence electrons. The van der Waals surface area contributed by atoms with Crippen LogP contribution in [0.1, 0.15) is 6.92 Å². The van der Waals surface area contributed by atoms with Crippen LogP contribution in [0.15, 0.2) is 40.8 Å². The summed E-state index contributed by atoms with van der Waals surface area (Å²) >= 11 is 11.9. The minimum absolute atomic E-state index is 0.0667. The van der Waals surface area contributed by atoms with E-state index in [0.29, 0.717) is 26.7 Å². The molecule has 2 aromatic carbocycles. The van der Waals surface area contributed by atoms with Crippen LogP contribution in [0.5, 0.6) is 5.75 Å². The number of halogens is 2. The van der Waals surface area contributed by atoms with Crippen molar-refractivity contribution in [1.29, 1.82) is 0 Å². The molecule has 0 bridgehead atoms. The molecule has 0 radical (unpaired) electrons. The third kappa shape index (κ3) is 3.44. The number of oxazole rings is 1. The van der Waals surface area contributed by atoms with Crippen molar-refractivity contribution >= 4 is 44.4 Å². The molecule has 1 heterocycles. The molecule has 0 saturated carbocycles. The summed E-state index contributed by atoms with van der Waals surface area (Å²) in [5.41, 5.74) is 1.48. The number of benzene rings is 2. The van der Waals surface area contributed by atoms with Crippen molar-refractivity contribution in [2.75, 3.05) is 5.75 Å². The smallest absolute Gasteiger partial charge is 0.308 e. The molecular weight excluding hydrogens is 361 g/mol. The van der Waals surface area contributed by atoms with Crippen molar-refractivity contribution in [3.8, 4) is 17.2 Å². The van der Waals surface area contributed by atoms with Gasteiger partial charge in [0.1, 0.15) is 5.52 Å². The van der Waals surface area contributed by atoms with Crippen molar-refractivity contribution in [3.05, 3.63) is 46.4 Å². The first kappa shape index (κ1) is 16.1. The monoisotopic (exact) mass is 371 g/mol. The average Bonchev–Trinajstić information content (AvgIpc) is 2.89. The van der Waals surface area contributed by atoms with E-state index in [-0.39, 0.29) is 17.4 Å². The molecule has 0 aliphatic rings. The van der Waals surface area contributed by atoms with E-state index >= 15 is 0 Å².